The zero-order valence-corrected chi connectivity index (χ0v) is 25.2. The van der Waals surface area contributed by atoms with E-state index in [0.717, 1.165) is 16.0 Å². The van der Waals surface area contributed by atoms with E-state index >= 15 is 0 Å². The van der Waals surface area contributed by atoms with Crippen molar-refractivity contribution in [3.05, 3.63) is 88.4 Å². The van der Waals surface area contributed by atoms with Crippen LogP contribution in [0.3, 0.4) is 0 Å². The Morgan fingerprint density at radius 3 is 2.07 bits per heavy atom. The second-order valence-electron chi connectivity index (χ2n) is 11.1. The van der Waals surface area contributed by atoms with Crippen LogP contribution in [-0.2, 0) is 33.7 Å². The summed E-state index contributed by atoms with van der Waals surface area (Å²) in [5.74, 6) is -0.405. The summed E-state index contributed by atoms with van der Waals surface area (Å²) >= 11 is 1.38. The van der Waals surface area contributed by atoms with Crippen LogP contribution < -0.4 is 16.0 Å². The summed E-state index contributed by atoms with van der Waals surface area (Å²) in [5.41, 5.74) is 2.92. The highest BCUT2D eigenvalue weighted by Crippen LogP contribution is 2.21. The van der Waals surface area contributed by atoms with Crippen molar-refractivity contribution < 1.29 is 29.0 Å². The van der Waals surface area contributed by atoms with Gasteiger partial charge in [-0.15, -0.1) is 11.3 Å². The van der Waals surface area contributed by atoms with E-state index < -0.39 is 47.7 Å². The van der Waals surface area contributed by atoms with Crippen LogP contribution in [0.5, 0.6) is 0 Å². The second-order valence-corrected chi connectivity index (χ2v) is 12.1. The van der Waals surface area contributed by atoms with Crippen LogP contribution in [0.1, 0.15) is 43.2 Å². The highest BCUT2D eigenvalue weighted by Gasteiger charge is 2.35. The van der Waals surface area contributed by atoms with E-state index in [1.54, 1.807) is 11.7 Å². The van der Waals surface area contributed by atoms with E-state index in [1.165, 1.54) is 18.4 Å². The first-order valence-corrected chi connectivity index (χ1v) is 14.6. The Morgan fingerprint density at radius 1 is 0.905 bits per heavy atom. The van der Waals surface area contributed by atoms with Gasteiger partial charge in [0.2, 0.25) is 5.91 Å². The van der Waals surface area contributed by atoms with Crippen molar-refractivity contribution in [1.82, 2.24) is 20.9 Å². The van der Waals surface area contributed by atoms with Crippen LogP contribution in [0.15, 0.2) is 72.4 Å². The van der Waals surface area contributed by atoms with Crippen molar-refractivity contribution in [1.29, 1.82) is 0 Å². The molecule has 10 nitrogen and oxygen atoms in total. The smallest absolute Gasteiger partial charge is 0.407 e. The van der Waals surface area contributed by atoms with Crippen molar-refractivity contribution in [3.8, 4) is 0 Å². The molecule has 42 heavy (non-hydrogen) atoms. The summed E-state index contributed by atoms with van der Waals surface area (Å²) in [5, 5.41) is 20.0. The van der Waals surface area contributed by atoms with Crippen LogP contribution >= 0.6 is 11.3 Å². The van der Waals surface area contributed by atoms with Gasteiger partial charge in [0.1, 0.15) is 12.6 Å². The Balaban J connectivity index is 1.79. The predicted octanol–water partition coefficient (Wildman–Crippen LogP) is 4.23. The number of hydrogen-bond acceptors (Lipinski definition) is 8. The molecule has 4 N–H and O–H groups in total. The van der Waals surface area contributed by atoms with Gasteiger partial charge in [-0.25, -0.2) is 9.59 Å². The molecule has 3 amide bonds. The number of aliphatic hydroxyl groups is 1. The molecular weight excluding hydrogens is 556 g/mol. The van der Waals surface area contributed by atoms with Crippen LogP contribution in [-0.4, -0.2) is 59.5 Å². The lowest BCUT2D eigenvalue weighted by Crippen LogP contribution is -2.56. The van der Waals surface area contributed by atoms with E-state index in [-0.39, 0.29) is 13.0 Å². The molecule has 2 aromatic carbocycles. The monoisotopic (exact) mass is 596 g/mol. The van der Waals surface area contributed by atoms with Crippen molar-refractivity contribution in [2.45, 2.75) is 70.9 Å². The number of nitrogens with one attached hydrogen (secondary N) is 3. The fourth-order valence-corrected chi connectivity index (χ4v) is 4.98. The van der Waals surface area contributed by atoms with E-state index in [0.29, 0.717) is 12.8 Å². The van der Waals surface area contributed by atoms with E-state index in [9.17, 15) is 19.5 Å². The first-order chi connectivity index (χ1) is 20.0. The number of carbonyl (C=O) groups excluding carboxylic acids is 3. The topological polar surface area (TPSA) is 139 Å². The lowest BCUT2D eigenvalue weighted by atomic mass is 9.85. The maximum absolute atomic E-state index is 13.5. The molecule has 0 spiro atoms. The molecule has 0 aliphatic heterocycles. The molecular formula is C31H40N4O6S. The molecule has 0 saturated heterocycles. The maximum atomic E-state index is 13.5. The molecule has 0 fully saturated rings. The quantitative estimate of drug-likeness (QED) is 0.232. The van der Waals surface area contributed by atoms with Gasteiger partial charge in [0.25, 0.3) is 0 Å². The third-order valence-electron chi connectivity index (χ3n) is 6.67. The summed E-state index contributed by atoms with van der Waals surface area (Å²) in [6, 6.07) is 17.0. The van der Waals surface area contributed by atoms with Crippen LogP contribution in [0.4, 0.5) is 9.59 Å². The molecule has 1 aromatic heterocycles. The minimum absolute atomic E-state index is 0.0682. The van der Waals surface area contributed by atoms with Crippen LogP contribution in [0.2, 0.25) is 0 Å². The first-order valence-electron chi connectivity index (χ1n) is 13.8. The summed E-state index contributed by atoms with van der Waals surface area (Å²) < 4.78 is 10.1. The summed E-state index contributed by atoms with van der Waals surface area (Å²) in [7, 11) is 1.24. The maximum Gasteiger partial charge on any atom is 0.407 e. The lowest BCUT2D eigenvalue weighted by Gasteiger charge is -2.33. The van der Waals surface area contributed by atoms with E-state index in [1.807, 2.05) is 81.4 Å². The van der Waals surface area contributed by atoms with Crippen LogP contribution in [0.25, 0.3) is 0 Å². The molecule has 0 saturated carbocycles. The van der Waals surface area contributed by atoms with E-state index in [4.69, 9.17) is 9.47 Å². The minimum atomic E-state index is -1.04. The van der Waals surface area contributed by atoms with Crippen molar-refractivity contribution in [3.63, 3.8) is 0 Å². The van der Waals surface area contributed by atoms with Gasteiger partial charge in [0.15, 0.2) is 0 Å². The molecule has 226 valence electrons. The molecule has 3 rings (SSSR count). The standard InChI is InChI=1S/C31H40N4O6S/c1-31(2,3)27(35-29(38)40-4)28(37)33-23(15-21-11-7-5-8-12-21)17-26(36)25(16-22-13-9-6-10-14-22)34-30(39)41-19-24-18-32-20-42-24/h5-14,18,20,23,25-27,36H,15-17,19H2,1-4H3,(H,33,37)(H,34,39)(H,35,38)/t23-,25-,26-,27+/m0/s1. The SMILES string of the molecule is COC(=O)N[C@H](C(=O)N[C@@H](Cc1ccccc1)C[C@H](O)[C@H](Cc1ccccc1)NC(=O)OCc1cncs1)C(C)(C)C. The Bertz CT molecular complexity index is 1250. The molecule has 0 aliphatic carbocycles. The fourth-order valence-electron chi connectivity index (χ4n) is 4.48. The molecule has 0 radical (unpaired) electrons. The number of methoxy groups -OCH3 is 1. The Kier molecular flexibility index (Phi) is 12.3. The number of alkyl carbamates (subject to hydrolysis) is 2. The molecule has 4 atom stereocenters. The molecule has 0 unspecified atom stereocenters. The van der Waals surface area contributed by atoms with Gasteiger partial charge in [0.05, 0.1) is 29.6 Å². The molecule has 11 heteroatoms. The molecule has 3 aromatic rings. The number of thiazole rings is 1. The normalized spacial score (nSPS) is 14.1. The van der Waals surface area contributed by atoms with E-state index in [2.05, 4.69) is 20.9 Å². The first kappa shape index (κ1) is 32.6. The molecule has 0 bridgehead atoms. The Hall–Kier alpha value is -3.96. The highest BCUT2D eigenvalue weighted by atomic mass is 32.1. The van der Waals surface area contributed by atoms with Crippen LogP contribution in [0, 0.1) is 5.41 Å². The fraction of sp³-hybridized carbons (Fsp3) is 0.419. The van der Waals surface area contributed by atoms with Gasteiger partial charge in [-0.3, -0.25) is 9.78 Å². The van der Waals surface area contributed by atoms with Gasteiger partial charge < -0.3 is 30.5 Å². The summed E-state index contributed by atoms with van der Waals surface area (Å²) in [6.07, 6.45) is 0.102. The van der Waals surface area contributed by atoms with Crippen molar-refractivity contribution >= 4 is 29.4 Å². The second kappa shape index (κ2) is 15.9. The third-order valence-corrected chi connectivity index (χ3v) is 7.42. The average Bonchev–Trinajstić information content (AvgIpc) is 3.48. The number of aromatic nitrogens is 1. The van der Waals surface area contributed by atoms with Gasteiger partial charge in [-0.05, 0) is 35.8 Å². The number of benzene rings is 2. The highest BCUT2D eigenvalue weighted by molar-refractivity contribution is 7.09. The zero-order valence-electron chi connectivity index (χ0n) is 24.4. The van der Waals surface area contributed by atoms with Gasteiger partial charge in [-0.2, -0.15) is 0 Å². The largest absolute Gasteiger partial charge is 0.453 e. The average molecular weight is 597 g/mol. The number of amides is 3. The Labute approximate surface area is 250 Å². The zero-order chi connectivity index (χ0) is 30.5. The number of carbonyl (C=O) groups is 3. The third kappa shape index (κ3) is 10.8. The summed E-state index contributed by atoms with van der Waals surface area (Å²) in [4.78, 5) is 43.0. The minimum Gasteiger partial charge on any atom is -0.453 e. The van der Waals surface area contributed by atoms with Gasteiger partial charge in [0, 0.05) is 12.2 Å². The lowest BCUT2D eigenvalue weighted by molar-refractivity contribution is -0.126. The Morgan fingerprint density at radius 2 is 1.52 bits per heavy atom. The number of ether oxygens (including phenoxy) is 2. The number of nitrogens with zero attached hydrogens (tertiary/aromatic N) is 1. The molecule has 1 heterocycles. The number of rotatable bonds is 13. The van der Waals surface area contributed by atoms with Gasteiger partial charge in [-0.1, -0.05) is 81.4 Å². The van der Waals surface area contributed by atoms with Gasteiger partial charge >= 0.3 is 12.2 Å². The molecule has 0 aliphatic rings. The summed E-state index contributed by atoms with van der Waals surface area (Å²) in [6.45, 7) is 5.59. The van der Waals surface area contributed by atoms with Crippen molar-refractivity contribution in [2.75, 3.05) is 7.11 Å². The number of hydrogen-bond donors (Lipinski definition) is 4. The number of aliphatic hydroxyl groups excluding tert-OH is 1. The van der Waals surface area contributed by atoms with Crippen molar-refractivity contribution in [2.24, 2.45) is 5.41 Å². The predicted molar refractivity (Wildman–Crippen MR) is 161 cm³/mol.